The molecule has 9 heteroatoms. The molecule has 26 heavy (non-hydrogen) atoms. The van der Waals surface area contributed by atoms with Crippen LogP contribution in [0.4, 0.5) is 5.13 Å². The van der Waals surface area contributed by atoms with Gasteiger partial charge in [0.2, 0.25) is 5.91 Å². The van der Waals surface area contributed by atoms with E-state index in [0.29, 0.717) is 22.6 Å². The van der Waals surface area contributed by atoms with Gasteiger partial charge in [0.25, 0.3) is 0 Å². The maximum absolute atomic E-state index is 12.1. The van der Waals surface area contributed by atoms with Gasteiger partial charge in [0.05, 0.1) is 35.5 Å². The Labute approximate surface area is 158 Å². The number of aromatic nitrogens is 3. The lowest BCUT2D eigenvalue weighted by atomic mass is 10.2. The Balaban J connectivity index is 1.52. The zero-order chi connectivity index (χ0) is 18.5. The SMILES string of the molecule is CCOC(=O)Cc1csc(NC(=O)CSc2nc3ccc(C)cc3[nH]2)n1. The van der Waals surface area contributed by atoms with Gasteiger partial charge < -0.3 is 15.0 Å². The zero-order valence-electron chi connectivity index (χ0n) is 14.4. The molecule has 2 N–H and O–H groups in total. The number of carbonyl (C=O) groups excluding carboxylic acids is 2. The van der Waals surface area contributed by atoms with Crippen molar-refractivity contribution in [3.05, 3.63) is 34.8 Å². The summed E-state index contributed by atoms with van der Waals surface area (Å²) in [6.07, 6.45) is 0.105. The lowest BCUT2D eigenvalue weighted by Gasteiger charge is -2.00. The number of fused-ring (bicyclic) bond motifs is 1. The Morgan fingerprint density at radius 3 is 3.00 bits per heavy atom. The minimum atomic E-state index is -0.327. The van der Waals surface area contributed by atoms with Gasteiger partial charge in [0, 0.05) is 5.38 Å². The van der Waals surface area contributed by atoms with Crippen LogP contribution in [-0.2, 0) is 20.7 Å². The molecule has 0 aliphatic carbocycles. The van der Waals surface area contributed by atoms with E-state index < -0.39 is 0 Å². The minimum Gasteiger partial charge on any atom is -0.466 e. The molecule has 0 aliphatic heterocycles. The van der Waals surface area contributed by atoms with E-state index in [0.717, 1.165) is 16.6 Å². The highest BCUT2D eigenvalue weighted by atomic mass is 32.2. The highest BCUT2D eigenvalue weighted by molar-refractivity contribution is 7.99. The molecule has 0 aliphatic rings. The zero-order valence-corrected chi connectivity index (χ0v) is 16.0. The van der Waals surface area contributed by atoms with Crippen molar-refractivity contribution in [3.63, 3.8) is 0 Å². The van der Waals surface area contributed by atoms with Crippen LogP contribution in [0.25, 0.3) is 11.0 Å². The molecule has 7 nitrogen and oxygen atoms in total. The van der Waals surface area contributed by atoms with Crippen LogP contribution in [0.1, 0.15) is 18.2 Å². The number of ether oxygens (including phenoxy) is 1. The Morgan fingerprint density at radius 1 is 1.35 bits per heavy atom. The number of nitrogens with one attached hydrogen (secondary N) is 2. The Hall–Kier alpha value is -2.39. The summed E-state index contributed by atoms with van der Waals surface area (Å²) in [6, 6.07) is 5.97. The number of carbonyl (C=O) groups is 2. The number of nitrogens with zero attached hydrogens (tertiary/aromatic N) is 2. The van der Waals surface area contributed by atoms with Crippen molar-refractivity contribution in [1.82, 2.24) is 15.0 Å². The first-order chi connectivity index (χ1) is 12.5. The van der Waals surface area contributed by atoms with Crippen molar-refractivity contribution in [2.75, 3.05) is 17.7 Å². The standard InChI is InChI=1S/C17H18N4O3S2/c1-3-24-15(23)7-11-8-25-16(18-11)21-14(22)9-26-17-19-12-5-4-10(2)6-13(12)20-17/h4-6,8H,3,7,9H2,1-2H3,(H,19,20)(H,18,21,22). The van der Waals surface area contributed by atoms with E-state index in [2.05, 4.69) is 20.3 Å². The quantitative estimate of drug-likeness (QED) is 0.475. The van der Waals surface area contributed by atoms with E-state index in [1.54, 1.807) is 12.3 Å². The normalized spacial score (nSPS) is 10.8. The van der Waals surface area contributed by atoms with E-state index in [-0.39, 0.29) is 24.1 Å². The number of esters is 1. The molecule has 0 unspecified atom stereocenters. The van der Waals surface area contributed by atoms with Crippen LogP contribution >= 0.6 is 23.1 Å². The highest BCUT2D eigenvalue weighted by Gasteiger charge is 2.12. The number of hydrogen-bond donors (Lipinski definition) is 2. The third-order valence-corrected chi connectivity index (χ3v) is 5.06. The lowest BCUT2D eigenvalue weighted by molar-refractivity contribution is -0.142. The summed E-state index contributed by atoms with van der Waals surface area (Å²) in [6.45, 7) is 4.11. The molecule has 1 aromatic carbocycles. The van der Waals surface area contributed by atoms with Crippen molar-refractivity contribution in [2.45, 2.75) is 25.4 Å². The predicted molar refractivity (Wildman–Crippen MR) is 103 cm³/mol. The monoisotopic (exact) mass is 390 g/mol. The molecule has 2 heterocycles. The maximum Gasteiger partial charge on any atom is 0.311 e. The number of benzene rings is 1. The molecule has 1 amide bonds. The largest absolute Gasteiger partial charge is 0.466 e. The van der Waals surface area contributed by atoms with Crippen molar-refractivity contribution >= 4 is 51.1 Å². The number of thiazole rings is 1. The summed E-state index contributed by atoms with van der Waals surface area (Å²) < 4.78 is 4.88. The van der Waals surface area contributed by atoms with Crippen molar-refractivity contribution in [2.24, 2.45) is 0 Å². The van der Waals surface area contributed by atoms with E-state index in [9.17, 15) is 9.59 Å². The first-order valence-corrected chi connectivity index (χ1v) is 9.89. The number of anilines is 1. The van der Waals surface area contributed by atoms with Gasteiger partial charge in [-0.2, -0.15) is 0 Å². The van der Waals surface area contributed by atoms with Gasteiger partial charge in [-0.3, -0.25) is 9.59 Å². The Morgan fingerprint density at radius 2 is 2.19 bits per heavy atom. The number of thioether (sulfide) groups is 1. The van der Waals surface area contributed by atoms with E-state index >= 15 is 0 Å². The summed E-state index contributed by atoms with van der Waals surface area (Å²) in [7, 11) is 0. The average Bonchev–Trinajstić information content (AvgIpc) is 3.19. The number of amides is 1. The summed E-state index contributed by atoms with van der Waals surface area (Å²) in [4.78, 5) is 35.4. The van der Waals surface area contributed by atoms with Gasteiger partial charge in [-0.15, -0.1) is 11.3 Å². The second kappa shape index (κ2) is 8.33. The molecule has 3 rings (SSSR count). The van der Waals surface area contributed by atoms with Gasteiger partial charge >= 0.3 is 5.97 Å². The lowest BCUT2D eigenvalue weighted by Crippen LogP contribution is -2.14. The van der Waals surface area contributed by atoms with E-state index in [1.165, 1.54) is 23.1 Å². The molecule has 0 radical (unpaired) electrons. The number of aromatic amines is 1. The summed E-state index contributed by atoms with van der Waals surface area (Å²) >= 11 is 2.61. The minimum absolute atomic E-state index is 0.105. The molecule has 0 saturated heterocycles. The molecule has 0 bridgehead atoms. The molecular formula is C17H18N4O3S2. The van der Waals surface area contributed by atoms with Crippen molar-refractivity contribution < 1.29 is 14.3 Å². The van der Waals surface area contributed by atoms with E-state index in [4.69, 9.17) is 4.74 Å². The summed E-state index contributed by atoms with van der Waals surface area (Å²) in [5, 5.41) is 5.64. The molecule has 0 spiro atoms. The molecular weight excluding hydrogens is 372 g/mol. The fraction of sp³-hybridized carbons (Fsp3) is 0.294. The third-order valence-electron chi connectivity index (χ3n) is 3.38. The van der Waals surface area contributed by atoms with Gasteiger partial charge in [-0.1, -0.05) is 17.8 Å². The number of imidazole rings is 1. The van der Waals surface area contributed by atoms with Crippen molar-refractivity contribution in [1.29, 1.82) is 0 Å². The Bertz CT molecular complexity index is 935. The molecule has 2 aromatic heterocycles. The second-order valence-corrected chi connectivity index (χ2v) is 7.35. The van der Waals surface area contributed by atoms with Crippen LogP contribution in [-0.4, -0.2) is 39.2 Å². The first-order valence-electron chi connectivity index (χ1n) is 8.02. The fourth-order valence-electron chi connectivity index (χ4n) is 2.26. The maximum atomic E-state index is 12.1. The van der Waals surface area contributed by atoms with Gasteiger partial charge in [0.15, 0.2) is 10.3 Å². The van der Waals surface area contributed by atoms with E-state index in [1.807, 2.05) is 25.1 Å². The van der Waals surface area contributed by atoms with Gasteiger partial charge in [-0.05, 0) is 31.5 Å². The molecule has 0 atom stereocenters. The smallest absolute Gasteiger partial charge is 0.311 e. The Kier molecular flexibility index (Phi) is 5.89. The topological polar surface area (TPSA) is 97.0 Å². The fourth-order valence-corrected chi connectivity index (χ4v) is 3.67. The average molecular weight is 390 g/mol. The number of aryl methyl sites for hydroxylation is 1. The summed E-state index contributed by atoms with van der Waals surface area (Å²) in [5.41, 5.74) is 3.57. The highest BCUT2D eigenvalue weighted by Crippen LogP contribution is 2.21. The number of rotatable bonds is 7. The van der Waals surface area contributed by atoms with Gasteiger partial charge in [-0.25, -0.2) is 9.97 Å². The van der Waals surface area contributed by atoms with Crippen LogP contribution in [0.5, 0.6) is 0 Å². The van der Waals surface area contributed by atoms with Crippen LogP contribution in [0.15, 0.2) is 28.7 Å². The first kappa shape index (κ1) is 18.4. The molecule has 0 fully saturated rings. The van der Waals surface area contributed by atoms with Crippen molar-refractivity contribution in [3.8, 4) is 0 Å². The molecule has 3 aromatic rings. The predicted octanol–water partition coefficient (Wildman–Crippen LogP) is 3.16. The van der Waals surface area contributed by atoms with Crippen LogP contribution in [0.2, 0.25) is 0 Å². The van der Waals surface area contributed by atoms with Crippen LogP contribution in [0, 0.1) is 6.92 Å². The molecule has 136 valence electrons. The van der Waals surface area contributed by atoms with Gasteiger partial charge in [0.1, 0.15) is 0 Å². The number of hydrogen-bond acceptors (Lipinski definition) is 7. The molecule has 0 saturated carbocycles. The number of H-pyrrole nitrogens is 1. The second-order valence-electron chi connectivity index (χ2n) is 5.53. The third kappa shape index (κ3) is 4.83. The van der Waals surface area contributed by atoms with Crippen LogP contribution < -0.4 is 5.32 Å². The summed E-state index contributed by atoms with van der Waals surface area (Å²) in [5.74, 6) is -0.291. The van der Waals surface area contributed by atoms with Crippen LogP contribution in [0.3, 0.4) is 0 Å².